The van der Waals surface area contributed by atoms with E-state index >= 15 is 0 Å². The first-order valence-corrected chi connectivity index (χ1v) is 5.86. The zero-order valence-corrected chi connectivity index (χ0v) is 10.0. The van der Waals surface area contributed by atoms with Crippen molar-refractivity contribution >= 4 is 0 Å². The van der Waals surface area contributed by atoms with E-state index in [1.165, 1.54) is 0 Å². The molecule has 0 fully saturated rings. The van der Waals surface area contributed by atoms with Gasteiger partial charge in [0.1, 0.15) is 5.75 Å². The maximum absolute atomic E-state index is 9.00. The van der Waals surface area contributed by atoms with Crippen LogP contribution in [0.1, 0.15) is 11.3 Å². The van der Waals surface area contributed by atoms with Gasteiger partial charge in [-0.05, 0) is 24.1 Å². The monoisotopic (exact) mass is 244 g/mol. The summed E-state index contributed by atoms with van der Waals surface area (Å²) >= 11 is 0. The predicted molar refractivity (Wildman–Crippen MR) is 69.4 cm³/mol. The van der Waals surface area contributed by atoms with Gasteiger partial charge in [0.25, 0.3) is 0 Å². The Morgan fingerprint density at radius 1 is 1.11 bits per heavy atom. The van der Waals surface area contributed by atoms with E-state index in [9.17, 15) is 0 Å². The lowest BCUT2D eigenvalue weighted by Gasteiger charge is -2.10. The largest absolute Gasteiger partial charge is 0.439 e. The highest BCUT2D eigenvalue weighted by Crippen LogP contribution is 2.24. The number of para-hydroxylation sites is 1. The molecule has 18 heavy (non-hydrogen) atoms. The van der Waals surface area contributed by atoms with Crippen LogP contribution < -0.4 is 10.5 Å². The molecule has 1 aromatic carbocycles. The fourth-order valence-corrected chi connectivity index (χ4v) is 1.67. The minimum Gasteiger partial charge on any atom is -0.439 e. The van der Waals surface area contributed by atoms with Gasteiger partial charge >= 0.3 is 0 Å². The summed E-state index contributed by atoms with van der Waals surface area (Å²) in [5, 5.41) is 9.00. The molecule has 2 aromatic rings. The van der Waals surface area contributed by atoms with Crippen LogP contribution in [-0.2, 0) is 13.0 Å². The van der Waals surface area contributed by atoms with E-state index in [2.05, 4.69) is 4.98 Å². The number of aliphatic hydroxyl groups excluding tert-OH is 1. The van der Waals surface area contributed by atoms with Crippen LogP contribution in [0.15, 0.2) is 42.5 Å². The number of nitrogens with two attached hydrogens (primary N) is 1. The highest BCUT2D eigenvalue weighted by atomic mass is 16.5. The summed E-state index contributed by atoms with van der Waals surface area (Å²) in [4.78, 5) is 4.28. The summed E-state index contributed by atoms with van der Waals surface area (Å²) in [6.07, 6.45) is 0.562. The average Bonchev–Trinajstić information content (AvgIpc) is 2.41. The number of aliphatic hydroxyl groups is 1. The third kappa shape index (κ3) is 3.06. The number of nitrogens with zero attached hydrogens (tertiary/aromatic N) is 1. The molecule has 1 aromatic heterocycles. The minimum absolute atomic E-state index is 0.0939. The molecule has 0 bridgehead atoms. The smallest absolute Gasteiger partial charge is 0.219 e. The van der Waals surface area contributed by atoms with Gasteiger partial charge in [0.15, 0.2) is 0 Å². The normalized spacial score (nSPS) is 10.3. The summed E-state index contributed by atoms with van der Waals surface area (Å²) < 4.78 is 5.73. The molecule has 4 heteroatoms. The standard InChI is InChI=1S/C14H16N2O2/c15-10-12-5-3-7-14(16-12)18-13-6-2-1-4-11(13)8-9-17/h1-7,17H,8-10,15H2. The average molecular weight is 244 g/mol. The SMILES string of the molecule is NCc1cccc(Oc2ccccc2CCO)n1. The molecule has 0 amide bonds. The highest BCUT2D eigenvalue weighted by molar-refractivity contribution is 5.36. The van der Waals surface area contributed by atoms with Crippen LogP contribution in [0.25, 0.3) is 0 Å². The lowest BCUT2D eigenvalue weighted by molar-refractivity contribution is 0.297. The van der Waals surface area contributed by atoms with Crippen molar-refractivity contribution in [1.29, 1.82) is 0 Å². The third-order valence-electron chi connectivity index (χ3n) is 2.56. The van der Waals surface area contributed by atoms with Crippen molar-refractivity contribution in [1.82, 2.24) is 4.98 Å². The van der Waals surface area contributed by atoms with Gasteiger partial charge in [-0.1, -0.05) is 24.3 Å². The Bertz CT molecular complexity index is 515. The van der Waals surface area contributed by atoms with Crippen LogP contribution in [-0.4, -0.2) is 16.7 Å². The van der Waals surface area contributed by atoms with Crippen LogP contribution in [0.4, 0.5) is 0 Å². The molecule has 0 aliphatic heterocycles. The number of ether oxygens (including phenoxy) is 1. The van der Waals surface area contributed by atoms with Crippen molar-refractivity contribution in [3.63, 3.8) is 0 Å². The Kier molecular flexibility index (Phi) is 4.28. The van der Waals surface area contributed by atoms with E-state index in [0.717, 1.165) is 11.3 Å². The maximum atomic E-state index is 9.00. The molecule has 0 aliphatic carbocycles. The van der Waals surface area contributed by atoms with Crippen LogP contribution >= 0.6 is 0 Å². The molecule has 0 saturated carbocycles. The third-order valence-corrected chi connectivity index (χ3v) is 2.56. The van der Waals surface area contributed by atoms with Crippen LogP contribution in [0.5, 0.6) is 11.6 Å². The van der Waals surface area contributed by atoms with Crippen molar-refractivity contribution in [3.8, 4) is 11.6 Å². The topological polar surface area (TPSA) is 68.4 Å². The van der Waals surface area contributed by atoms with Crippen LogP contribution in [0.2, 0.25) is 0 Å². The zero-order chi connectivity index (χ0) is 12.8. The molecule has 0 unspecified atom stereocenters. The number of pyridine rings is 1. The molecule has 2 rings (SSSR count). The van der Waals surface area contributed by atoms with E-state index in [-0.39, 0.29) is 6.61 Å². The second-order valence-corrected chi connectivity index (χ2v) is 3.85. The fourth-order valence-electron chi connectivity index (χ4n) is 1.67. The lowest BCUT2D eigenvalue weighted by atomic mass is 10.1. The van der Waals surface area contributed by atoms with Gasteiger partial charge in [0.05, 0.1) is 5.69 Å². The quantitative estimate of drug-likeness (QED) is 0.842. The first-order chi connectivity index (χ1) is 8.83. The summed E-state index contributed by atoms with van der Waals surface area (Å²) in [5.74, 6) is 1.23. The van der Waals surface area contributed by atoms with Gasteiger partial charge in [-0.25, -0.2) is 4.98 Å². The van der Waals surface area contributed by atoms with Gasteiger partial charge in [0, 0.05) is 19.2 Å². The number of hydrogen-bond donors (Lipinski definition) is 2. The lowest BCUT2D eigenvalue weighted by Crippen LogP contribution is -2.01. The van der Waals surface area contributed by atoms with Gasteiger partial charge in [-0.2, -0.15) is 0 Å². The molecular formula is C14H16N2O2. The van der Waals surface area contributed by atoms with Gasteiger partial charge in [-0.3, -0.25) is 0 Å². The fraction of sp³-hybridized carbons (Fsp3) is 0.214. The molecule has 1 heterocycles. The molecule has 94 valence electrons. The highest BCUT2D eigenvalue weighted by Gasteiger charge is 2.05. The van der Waals surface area contributed by atoms with Gasteiger partial charge in [0.2, 0.25) is 5.88 Å². The summed E-state index contributed by atoms with van der Waals surface area (Å²) in [7, 11) is 0. The summed E-state index contributed by atoms with van der Waals surface area (Å²) in [5.41, 5.74) is 7.28. The van der Waals surface area contributed by atoms with Gasteiger partial charge < -0.3 is 15.6 Å². The Balaban J connectivity index is 2.22. The Labute approximate surface area is 106 Å². The Hall–Kier alpha value is -1.91. The van der Waals surface area contributed by atoms with E-state index in [1.54, 1.807) is 6.07 Å². The molecular weight excluding hydrogens is 228 g/mol. The number of benzene rings is 1. The molecule has 0 radical (unpaired) electrons. The summed E-state index contributed by atoms with van der Waals surface area (Å²) in [6, 6.07) is 13.1. The molecule has 0 aliphatic rings. The van der Waals surface area contributed by atoms with Crippen molar-refractivity contribution in [3.05, 3.63) is 53.7 Å². The van der Waals surface area contributed by atoms with Crippen molar-refractivity contribution in [2.45, 2.75) is 13.0 Å². The predicted octanol–water partition coefficient (Wildman–Crippen LogP) is 1.87. The van der Waals surface area contributed by atoms with Gasteiger partial charge in [-0.15, -0.1) is 0 Å². The van der Waals surface area contributed by atoms with E-state index in [4.69, 9.17) is 15.6 Å². The number of rotatable bonds is 5. The van der Waals surface area contributed by atoms with Crippen molar-refractivity contribution in [2.24, 2.45) is 5.73 Å². The molecule has 0 atom stereocenters. The van der Waals surface area contributed by atoms with Crippen molar-refractivity contribution in [2.75, 3.05) is 6.61 Å². The maximum Gasteiger partial charge on any atom is 0.219 e. The minimum atomic E-state index is 0.0939. The second kappa shape index (κ2) is 6.14. The van der Waals surface area contributed by atoms with E-state index in [1.807, 2.05) is 36.4 Å². The second-order valence-electron chi connectivity index (χ2n) is 3.85. The molecule has 4 nitrogen and oxygen atoms in total. The number of aromatic nitrogens is 1. The molecule has 0 saturated heterocycles. The first kappa shape index (κ1) is 12.5. The summed E-state index contributed by atoms with van der Waals surface area (Å²) in [6.45, 7) is 0.478. The van der Waals surface area contributed by atoms with Crippen LogP contribution in [0.3, 0.4) is 0 Å². The molecule has 0 spiro atoms. The Morgan fingerprint density at radius 3 is 2.72 bits per heavy atom. The number of hydrogen-bond acceptors (Lipinski definition) is 4. The molecule has 3 N–H and O–H groups in total. The first-order valence-electron chi connectivity index (χ1n) is 5.86. The van der Waals surface area contributed by atoms with E-state index in [0.29, 0.717) is 24.6 Å². The van der Waals surface area contributed by atoms with E-state index < -0.39 is 0 Å². The van der Waals surface area contributed by atoms with Crippen molar-refractivity contribution < 1.29 is 9.84 Å². The van der Waals surface area contributed by atoms with Crippen LogP contribution in [0, 0.1) is 0 Å². The zero-order valence-electron chi connectivity index (χ0n) is 10.0. The Morgan fingerprint density at radius 2 is 1.94 bits per heavy atom.